The minimum atomic E-state index is -0.115. The minimum absolute atomic E-state index is 0.0999. The molecule has 0 aliphatic carbocycles. The first-order valence-electron chi connectivity index (χ1n) is 8.09. The normalized spacial score (nSPS) is 11.6. The maximum absolute atomic E-state index is 11.6. The Bertz CT molecular complexity index is 326. The van der Waals surface area contributed by atoms with Crippen molar-refractivity contribution in [1.82, 2.24) is 20.9 Å². The van der Waals surface area contributed by atoms with Crippen molar-refractivity contribution < 1.29 is 14.3 Å². The predicted molar refractivity (Wildman–Crippen MR) is 92.9 cm³/mol. The zero-order chi connectivity index (χ0) is 17.3. The number of methoxy groups -OCH3 is 2. The summed E-state index contributed by atoms with van der Waals surface area (Å²) in [6, 6.07) is 0. The topological polar surface area (TPSA) is 87.2 Å². The molecule has 23 heavy (non-hydrogen) atoms. The Morgan fingerprint density at radius 2 is 1.78 bits per heavy atom. The van der Waals surface area contributed by atoms with Gasteiger partial charge in [0.2, 0.25) is 5.91 Å². The van der Waals surface area contributed by atoms with Gasteiger partial charge in [0.1, 0.15) is 6.54 Å². The lowest BCUT2D eigenvalue weighted by Gasteiger charge is -2.18. The third kappa shape index (κ3) is 14.0. The first-order chi connectivity index (χ1) is 11.1. The van der Waals surface area contributed by atoms with E-state index in [4.69, 9.17) is 9.47 Å². The highest BCUT2D eigenvalue weighted by Gasteiger charge is 2.03. The highest BCUT2D eigenvalue weighted by atomic mass is 16.5. The van der Waals surface area contributed by atoms with Crippen LogP contribution in [0.4, 0.5) is 0 Å². The van der Waals surface area contributed by atoms with Crippen molar-refractivity contribution in [2.24, 2.45) is 4.99 Å². The van der Waals surface area contributed by atoms with E-state index in [0.29, 0.717) is 19.1 Å². The summed E-state index contributed by atoms with van der Waals surface area (Å²) in [5.41, 5.74) is 0. The number of likely N-dealkylation sites (N-methyl/N-ethyl adjacent to an activating group) is 1. The quantitative estimate of drug-likeness (QED) is 0.234. The Hall–Kier alpha value is -1.38. The van der Waals surface area contributed by atoms with Gasteiger partial charge < -0.3 is 30.3 Å². The molecule has 0 saturated heterocycles. The molecule has 8 nitrogen and oxygen atoms in total. The molecule has 0 aromatic carbocycles. The third-order valence-corrected chi connectivity index (χ3v) is 3.03. The molecule has 0 rings (SSSR count). The number of hydrogen-bond donors (Lipinski definition) is 3. The highest BCUT2D eigenvalue weighted by molar-refractivity contribution is 5.84. The molecule has 0 aromatic rings. The Kier molecular flexibility index (Phi) is 14.6. The third-order valence-electron chi connectivity index (χ3n) is 3.03. The van der Waals surface area contributed by atoms with Crippen LogP contribution in [0.3, 0.4) is 0 Å². The summed E-state index contributed by atoms with van der Waals surface area (Å²) in [6.07, 6.45) is 1.02. The summed E-state index contributed by atoms with van der Waals surface area (Å²) >= 11 is 0. The second-order valence-corrected chi connectivity index (χ2v) is 5.11. The number of hydrogen-bond acceptors (Lipinski definition) is 5. The molecule has 136 valence electrons. The van der Waals surface area contributed by atoms with Gasteiger partial charge in [-0.05, 0) is 20.4 Å². The number of rotatable bonds is 13. The van der Waals surface area contributed by atoms with Crippen molar-refractivity contribution in [3.8, 4) is 0 Å². The fourth-order valence-corrected chi connectivity index (χ4v) is 1.80. The number of aliphatic imine (C=N–C) groups is 1. The molecule has 0 saturated carbocycles. The maximum atomic E-state index is 11.6. The van der Waals surface area contributed by atoms with E-state index in [1.807, 2.05) is 6.92 Å². The summed E-state index contributed by atoms with van der Waals surface area (Å²) in [5.74, 6) is 0.538. The second kappa shape index (κ2) is 15.5. The van der Waals surface area contributed by atoms with Crippen molar-refractivity contribution in [3.63, 3.8) is 0 Å². The summed E-state index contributed by atoms with van der Waals surface area (Å²) in [6.45, 7) is 7.28. The van der Waals surface area contributed by atoms with Gasteiger partial charge >= 0.3 is 0 Å². The highest BCUT2D eigenvalue weighted by Crippen LogP contribution is 1.87. The summed E-state index contributed by atoms with van der Waals surface area (Å²) in [4.78, 5) is 18.1. The predicted octanol–water partition coefficient (Wildman–Crippen LogP) is -0.728. The zero-order valence-corrected chi connectivity index (χ0v) is 15.0. The second-order valence-electron chi connectivity index (χ2n) is 5.11. The Balaban J connectivity index is 3.99. The minimum Gasteiger partial charge on any atom is -0.385 e. The molecule has 0 heterocycles. The fourth-order valence-electron chi connectivity index (χ4n) is 1.80. The van der Waals surface area contributed by atoms with E-state index in [1.54, 1.807) is 14.2 Å². The van der Waals surface area contributed by atoms with Crippen LogP contribution in [-0.4, -0.2) is 90.5 Å². The fraction of sp³-hybridized carbons (Fsp3) is 0.867. The molecule has 0 aromatic heterocycles. The van der Waals surface area contributed by atoms with Crippen LogP contribution in [0.5, 0.6) is 0 Å². The molecular formula is C15H33N5O3. The largest absolute Gasteiger partial charge is 0.385 e. The number of carbonyl (C=O) groups is 1. The van der Waals surface area contributed by atoms with Gasteiger partial charge in [-0.3, -0.25) is 4.79 Å². The lowest BCUT2D eigenvalue weighted by molar-refractivity contribution is -0.119. The zero-order valence-electron chi connectivity index (χ0n) is 15.0. The van der Waals surface area contributed by atoms with E-state index in [0.717, 1.165) is 39.2 Å². The number of amides is 1. The van der Waals surface area contributed by atoms with Crippen LogP contribution in [0, 0.1) is 0 Å². The molecule has 0 radical (unpaired) electrons. The summed E-state index contributed by atoms with van der Waals surface area (Å²) in [5, 5.41) is 9.09. The SMILES string of the molecule is CCNC(=NCC(=O)NCCOC)NCCN(C)CCCOC. The number of nitrogens with zero attached hydrogens (tertiary/aromatic N) is 2. The number of carbonyl (C=O) groups excluding carboxylic acids is 1. The Labute approximate surface area is 140 Å². The van der Waals surface area contributed by atoms with Crippen molar-refractivity contribution in [2.75, 3.05) is 73.7 Å². The van der Waals surface area contributed by atoms with Crippen molar-refractivity contribution >= 4 is 11.9 Å². The molecular weight excluding hydrogens is 298 g/mol. The van der Waals surface area contributed by atoms with Crippen LogP contribution in [0.1, 0.15) is 13.3 Å². The standard InChI is InChI=1S/C15H33N5O3/c1-5-16-15(19-13-14(21)17-8-12-23-4)18-7-10-20(2)9-6-11-22-3/h5-13H2,1-4H3,(H,17,21)(H2,16,18,19). The summed E-state index contributed by atoms with van der Waals surface area (Å²) in [7, 11) is 5.39. The molecule has 0 unspecified atom stereocenters. The lowest BCUT2D eigenvalue weighted by atomic mass is 10.4. The van der Waals surface area contributed by atoms with Gasteiger partial charge in [0, 0.05) is 53.6 Å². The molecule has 0 aliphatic heterocycles. The van der Waals surface area contributed by atoms with Crippen molar-refractivity contribution in [3.05, 3.63) is 0 Å². The van der Waals surface area contributed by atoms with Crippen molar-refractivity contribution in [1.29, 1.82) is 0 Å². The molecule has 1 amide bonds. The van der Waals surface area contributed by atoms with E-state index >= 15 is 0 Å². The molecule has 8 heteroatoms. The summed E-state index contributed by atoms with van der Waals surface area (Å²) < 4.78 is 9.92. The number of ether oxygens (including phenoxy) is 2. The molecule has 0 atom stereocenters. The Morgan fingerprint density at radius 3 is 2.43 bits per heavy atom. The van der Waals surface area contributed by atoms with E-state index in [-0.39, 0.29) is 12.5 Å². The first-order valence-corrected chi connectivity index (χ1v) is 8.09. The van der Waals surface area contributed by atoms with Gasteiger partial charge in [0.15, 0.2) is 5.96 Å². The van der Waals surface area contributed by atoms with E-state index in [9.17, 15) is 4.79 Å². The first kappa shape index (κ1) is 21.6. The van der Waals surface area contributed by atoms with Crippen LogP contribution < -0.4 is 16.0 Å². The molecule has 0 fully saturated rings. The Morgan fingerprint density at radius 1 is 1.04 bits per heavy atom. The van der Waals surface area contributed by atoms with E-state index < -0.39 is 0 Å². The smallest absolute Gasteiger partial charge is 0.241 e. The number of nitrogens with one attached hydrogen (secondary N) is 3. The molecule has 3 N–H and O–H groups in total. The van der Waals surface area contributed by atoms with E-state index in [1.165, 1.54) is 0 Å². The average Bonchev–Trinajstić information content (AvgIpc) is 2.53. The van der Waals surface area contributed by atoms with Gasteiger partial charge in [-0.25, -0.2) is 4.99 Å². The van der Waals surface area contributed by atoms with Gasteiger partial charge in [-0.15, -0.1) is 0 Å². The van der Waals surface area contributed by atoms with Crippen LogP contribution in [0.2, 0.25) is 0 Å². The van der Waals surface area contributed by atoms with Crippen LogP contribution >= 0.6 is 0 Å². The lowest BCUT2D eigenvalue weighted by Crippen LogP contribution is -2.42. The van der Waals surface area contributed by atoms with E-state index in [2.05, 4.69) is 32.9 Å². The van der Waals surface area contributed by atoms with Crippen molar-refractivity contribution in [2.45, 2.75) is 13.3 Å². The van der Waals surface area contributed by atoms with Crippen LogP contribution in [0.25, 0.3) is 0 Å². The molecule has 0 aliphatic rings. The van der Waals surface area contributed by atoms with Gasteiger partial charge in [-0.1, -0.05) is 0 Å². The van der Waals surface area contributed by atoms with Gasteiger partial charge in [0.25, 0.3) is 0 Å². The number of guanidine groups is 1. The monoisotopic (exact) mass is 331 g/mol. The molecule has 0 spiro atoms. The van der Waals surface area contributed by atoms with Gasteiger partial charge in [0.05, 0.1) is 6.61 Å². The van der Waals surface area contributed by atoms with Gasteiger partial charge in [-0.2, -0.15) is 0 Å². The molecule has 0 bridgehead atoms. The maximum Gasteiger partial charge on any atom is 0.241 e. The van der Waals surface area contributed by atoms with Crippen LogP contribution in [-0.2, 0) is 14.3 Å². The average molecular weight is 331 g/mol. The van der Waals surface area contributed by atoms with Crippen LogP contribution in [0.15, 0.2) is 4.99 Å².